The largest absolute Gasteiger partial charge is 0.481 e. The minimum Gasteiger partial charge on any atom is -0.481 e. The second kappa shape index (κ2) is 6.61. The fourth-order valence-corrected chi connectivity index (χ4v) is 2.27. The van der Waals surface area contributed by atoms with Gasteiger partial charge in [-0.25, -0.2) is 4.79 Å². The van der Waals surface area contributed by atoms with Gasteiger partial charge in [0.05, 0.1) is 5.92 Å². The Bertz CT molecular complexity index is 307. The van der Waals surface area contributed by atoms with Gasteiger partial charge < -0.3 is 15.7 Å². The van der Waals surface area contributed by atoms with Gasteiger partial charge in [-0.1, -0.05) is 20.3 Å². The predicted octanol–water partition coefficient (Wildman–Crippen LogP) is 1.97. The minimum absolute atomic E-state index is 0.00441. The maximum Gasteiger partial charge on any atom is 0.315 e. The summed E-state index contributed by atoms with van der Waals surface area (Å²) < 4.78 is 0. The topological polar surface area (TPSA) is 78.4 Å². The number of nitrogens with one attached hydrogen (secondary N) is 2. The molecule has 0 saturated heterocycles. The summed E-state index contributed by atoms with van der Waals surface area (Å²) in [6, 6.07) is -0.0549. The number of carboxylic acid groups (broad SMARTS) is 1. The molecule has 0 aromatic heterocycles. The molecule has 0 heterocycles. The fourth-order valence-electron chi connectivity index (χ4n) is 2.27. The first-order valence-electron chi connectivity index (χ1n) is 6.73. The third-order valence-corrected chi connectivity index (χ3v) is 3.97. The monoisotopic (exact) mass is 256 g/mol. The van der Waals surface area contributed by atoms with E-state index in [0.29, 0.717) is 18.8 Å². The fraction of sp³-hybridized carbons (Fsp3) is 0.846. The van der Waals surface area contributed by atoms with Crippen LogP contribution >= 0.6 is 0 Å². The van der Waals surface area contributed by atoms with Gasteiger partial charge in [0, 0.05) is 12.1 Å². The van der Waals surface area contributed by atoms with Crippen LogP contribution in [0.2, 0.25) is 0 Å². The molecule has 104 valence electrons. The molecule has 18 heavy (non-hydrogen) atoms. The van der Waals surface area contributed by atoms with Crippen LogP contribution in [0.4, 0.5) is 4.79 Å². The molecule has 1 aliphatic rings. The van der Waals surface area contributed by atoms with Gasteiger partial charge in [0.2, 0.25) is 0 Å². The third kappa shape index (κ3) is 4.20. The van der Waals surface area contributed by atoms with E-state index >= 15 is 0 Å². The van der Waals surface area contributed by atoms with Gasteiger partial charge in [0.1, 0.15) is 0 Å². The number of aliphatic carboxylic acids is 1. The van der Waals surface area contributed by atoms with Crippen molar-refractivity contribution in [2.24, 2.45) is 11.8 Å². The van der Waals surface area contributed by atoms with Crippen LogP contribution < -0.4 is 10.6 Å². The van der Waals surface area contributed by atoms with Gasteiger partial charge in [-0.3, -0.25) is 4.79 Å². The quantitative estimate of drug-likeness (QED) is 0.703. The third-order valence-electron chi connectivity index (χ3n) is 3.97. The lowest BCUT2D eigenvalue weighted by Gasteiger charge is -2.21. The van der Waals surface area contributed by atoms with Crippen LogP contribution in [-0.4, -0.2) is 29.2 Å². The highest BCUT2D eigenvalue weighted by atomic mass is 16.4. The highest BCUT2D eigenvalue weighted by molar-refractivity contribution is 5.75. The predicted molar refractivity (Wildman–Crippen MR) is 69.3 cm³/mol. The van der Waals surface area contributed by atoms with Crippen molar-refractivity contribution in [1.29, 1.82) is 0 Å². The van der Waals surface area contributed by atoms with Crippen LogP contribution in [0.5, 0.6) is 0 Å². The number of hydrogen-bond acceptors (Lipinski definition) is 2. The summed E-state index contributed by atoms with van der Waals surface area (Å²) in [4.78, 5) is 22.5. The van der Waals surface area contributed by atoms with Crippen molar-refractivity contribution in [1.82, 2.24) is 10.6 Å². The molecule has 0 aromatic rings. The molecule has 0 spiro atoms. The first-order valence-corrected chi connectivity index (χ1v) is 6.73. The molecule has 4 unspecified atom stereocenters. The molecule has 0 aliphatic heterocycles. The van der Waals surface area contributed by atoms with E-state index in [1.807, 2.05) is 6.92 Å². The number of rotatable bonds is 5. The van der Waals surface area contributed by atoms with E-state index in [2.05, 4.69) is 24.5 Å². The molecule has 5 heteroatoms. The van der Waals surface area contributed by atoms with Crippen molar-refractivity contribution in [3.63, 3.8) is 0 Å². The zero-order chi connectivity index (χ0) is 13.7. The standard InChI is InChI=1S/C13H24N2O3/c1-4-8(2)9(3)14-13(18)15-11-6-5-10(7-11)12(16)17/h8-11H,4-7H2,1-3H3,(H,16,17)(H2,14,15,18). The lowest BCUT2D eigenvalue weighted by atomic mass is 10.0. The molecule has 3 N–H and O–H groups in total. The number of amides is 2. The summed E-state index contributed by atoms with van der Waals surface area (Å²) in [6.45, 7) is 6.18. The van der Waals surface area contributed by atoms with Crippen molar-refractivity contribution < 1.29 is 14.7 Å². The van der Waals surface area contributed by atoms with Crippen molar-refractivity contribution in [3.8, 4) is 0 Å². The Hall–Kier alpha value is -1.26. The molecule has 1 fully saturated rings. The molecule has 0 radical (unpaired) electrons. The second-order valence-electron chi connectivity index (χ2n) is 5.34. The minimum atomic E-state index is -0.757. The molecule has 1 saturated carbocycles. The molecular weight excluding hydrogens is 232 g/mol. The van der Waals surface area contributed by atoms with Gasteiger partial charge in [-0.15, -0.1) is 0 Å². The summed E-state index contributed by atoms with van der Waals surface area (Å²) >= 11 is 0. The lowest BCUT2D eigenvalue weighted by Crippen LogP contribution is -2.46. The average molecular weight is 256 g/mol. The number of carbonyl (C=O) groups is 2. The van der Waals surface area contributed by atoms with E-state index in [9.17, 15) is 9.59 Å². The Morgan fingerprint density at radius 3 is 2.50 bits per heavy atom. The summed E-state index contributed by atoms with van der Waals surface area (Å²) in [7, 11) is 0. The second-order valence-corrected chi connectivity index (χ2v) is 5.34. The molecule has 1 aliphatic carbocycles. The summed E-state index contributed by atoms with van der Waals surface area (Å²) in [5.74, 6) is -0.624. The van der Waals surface area contributed by atoms with Gasteiger partial charge in [0.25, 0.3) is 0 Å². The van der Waals surface area contributed by atoms with Gasteiger partial charge >= 0.3 is 12.0 Å². The summed E-state index contributed by atoms with van der Waals surface area (Å²) in [5.41, 5.74) is 0. The van der Waals surface area contributed by atoms with E-state index in [1.54, 1.807) is 0 Å². The molecule has 5 nitrogen and oxygen atoms in total. The van der Waals surface area contributed by atoms with Crippen LogP contribution in [0.15, 0.2) is 0 Å². The number of urea groups is 1. The SMILES string of the molecule is CCC(C)C(C)NC(=O)NC1CCC(C(=O)O)C1. The lowest BCUT2D eigenvalue weighted by molar-refractivity contribution is -0.141. The zero-order valence-electron chi connectivity index (χ0n) is 11.4. The van der Waals surface area contributed by atoms with Crippen molar-refractivity contribution >= 4 is 12.0 Å². The first-order chi connectivity index (χ1) is 8.43. The van der Waals surface area contributed by atoms with Crippen LogP contribution in [0.25, 0.3) is 0 Å². The molecule has 0 aromatic carbocycles. The highest BCUT2D eigenvalue weighted by Crippen LogP contribution is 2.25. The molecular formula is C13H24N2O3. The summed E-state index contributed by atoms with van der Waals surface area (Å²) in [6.07, 6.45) is 2.97. The maximum absolute atomic E-state index is 11.7. The molecule has 0 bridgehead atoms. The number of hydrogen-bond donors (Lipinski definition) is 3. The normalized spacial score (nSPS) is 26.4. The Morgan fingerprint density at radius 1 is 1.33 bits per heavy atom. The van der Waals surface area contributed by atoms with Gasteiger partial charge in [0.15, 0.2) is 0 Å². The van der Waals surface area contributed by atoms with E-state index in [4.69, 9.17) is 5.11 Å². The van der Waals surface area contributed by atoms with Crippen LogP contribution in [0, 0.1) is 11.8 Å². The van der Waals surface area contributed by atoms with E-state index < -0.39 is 5.97 Å². The van der Waals surface area contributed by atoms with Crippen LogP contribution in [0.3, 0.4) is 0 Å². The molecule has 2 amide bonds. The highest BCUT2D eigenvalue weighted by Gasteiger charge is 2.30. The van der Waals surface area contributed by atoms with Crippen molar-refractivity contribution in [3.05, 3.63) is 0 Å². The average Bonchev–Trinajstić information content (AvgIpc) is 2.76. The van der Waals surface area contributed by atoms with Gasteiger partial charge in [-0.05, 0) is 32.1 Å². The van der Waals surface area contributed by atoms with Crippen LogP contribution in [-0.2, 0) is 4.79 Å². The first kappa shape index (κ1) is 14.8. The Morgan fingerprint density at radius 2 is 2.00 bits per heavy atom. The number of carbonyl (C=O) groups excluding carboxylic acids is 1. The zero-order valence-corrected chi connectivity index (χ0v) is 11.4. The molecule has 4 atom stereocenters. The van der Waals surface area contributed by atoms with Crippen LogP contribution in [0.1, 0.15) is 46.5 Å². The smallest absolute Gasteiger partial charge is 0.315 e. The maximum atomic E-state index is 11.7. The van der Waals surface area contributed by atoms with Crippen molar-refractivity contribution in [2.45, 2.75) is 58.5 Å². The Balaban J connectivity index is 2.31. The van der Waals surface area contributed by atoms with Gasteiger partial charge in [-0.2, -0.15) is 0 Å². The summed E-state index contributed by atoms with van der Waals surface area (Å²) in [5, 5.41) is 14.7. The Labute approximate surface area is 108 Å². The van der Waals surface area contributed by atoms with Crippen molar-refractivity contribution in [2.75, 3.05) is 0 Å². The Kier molecular flexibility index (Phi) is 5.44. The van der Waals surface area contributed by atoms with E-state index in [-0.39, 0.29) is 24.0 Å². The molecule has 1 rings (SSSR count). The number of carboxylic acids is 1. The van der Waals surface area contributed by atoms with E-state index in [0.717, 1.165) is 12.8 Å². The van der Waals surface area contributed by atoms with E-state index in [1.165, 1.54) is 0 Å².